The highest BCUT2D eigenvalue weighted by Crippen LogP contribution is 2.17. The van der Waals surface area contributed by atoms with Crippen molar-refractivity contribution in [1.29, 1.82) is 0 Å². The van der Waals surface area contributed by atoms with Crippen LogP contribution in [0.1, 0.15) is 309 Å². The van der Waals surface area contributed by atoms with Crippen LogP contribution in [0.25, 0.3) is 0 Å². The molecular weight excluding hydrogens is 981 g/mol. The average molecular weight is 1110 g/mol. The number of aliphatic hydroxyl groups excluding tert-OH is 1. The number of rotatable bonds is 61. The Bertz CT molecular complexity index is 1630. The Hall–Kier alpha value is -3.96. The first-order chi connectivity index (χ1) is 39.6. The van der Waals surface area contributed by atoms with Gasteiger partial charge in [-0.3, -0.25) is 9.59 Å². The molecular formula is C75H126O5. The van der Waals surface area contributed by atoms with E-state index in [0.717, 1.165) is 109 Å². The molecule has 5 nitrogen and oxygen atoms in total. The number of aliphatic hydroxyl groups is 1. The van der Waals surface area contributed by atoms with Crippen LogP contribution in [0, 0.1) is 0 Å². The molecule has 0 aromatic heterocycles. The predicted octanol–water partition coefficient (Wildman–Crippen LogP) is 23.5. The number of allylic oxidation sites excluding steroid dienone is 22. The van der Waals surface area contributed by atoms with Crippen molar-refractivity contribution in [1.82, 2.24) is 0 Å². The molecule has 80 heavy (non-hydrogen) atoms. The Labute approximate surface area is 496 Å². The lowest BCUT2D eigenvalue weighted by Gasteiger charge is -2.15. The van der Waals surface area contributed by atoms with Gasteiger partial charge in [0.15, 0.2) is 6.10 Å². The van der Waals surface area contributed by atoms with Crippen LogP contribution in [0.15, 0.2) is 134 Å². The Morgan fingerprint density at radius 1 is 0.287 bits per heavy atom. The monoisotopic (exact) mass is 1110 g/mol. The van der Waals surface area contributed by atoms with Crippen molar-refractivity contribution in [2.24, 2.45) is 0 Å². The van der Waals surface area contributed by atoms with Crippen LogP contribution in [-0.4, -0.2) is 36.4 Å². The highest BCUT2D eigenvalue weighted by Gasteiger charge is 2.16. The van der Waals surface area contributed by atoms with Crippen LogP contribution in [0.3, 0.4) is 0 Å². The van der Waals surface area contributed by atoms with E-state index in [1.54, 1.807) is 0 Å². The third-order valence-corrected chi connectivity index (χ3v) is 14.4. The van der Waals surface area contributed by atoms with Crippen molar-refractivity contribution < 1.29 is 24.2 Å². The zero-order valence-corrected chi connectivity index (χ0v) is 52.3. The molecule has 0 heterocycles. The van der Waals surface area contributed by atoms with E-state index in [-0.39, 0.29) is 25.2 Å². The van der Waals surface area contributed by atoms with Gasteiger partial charge in [-0.15, -0.1) is 0 Å². The van der Waals surface area contributed by atoms with Crippen LogP contribution in [0.5, 0.6) is 0 Å². The first-order valence-corrected chi connectivity index (χ1v) is 33.7. The van der Waals surface area contributed by atoms with Crippen molar-refractivity contribution in [3.05, 3.63) is 134 Å². The lowest BCUT2D eigenvalue weighted by Crippen LogP contribution is -2.28. The minimum Gasteiger partial charge on any atom is -0.462 e. The summed E-state index contributed by atoms with van der Waals surface area (Å²) in [7, 11) is 0. The smallest absolute Gasteiger partial charge is 0.306 e. The van der Waals surface area contributed by atoms with E-state index in [2.05, 4.69) is 148 Å². The van der Waals surface area contributed by atoms with Gasteiger partial charge >= 0.3 is 11.9 Å². The molecule has 0 fully saturated rings. The molecule has 456 valence electrons. The molecule has 0 saturated carbocycles. The predicted molar refractivity (Wildman–Crippen MR) is 352 cm³/mol. The summed E-state index contributed by atoms with van der Waals surface area (Å²) in [5.41, 5.74) is 0. The van der Waals surface area contributed by atoms with Crippen molar-refractivity contribution in [2.45, 2.75) is 315 Å². The molecule has 0 spiro atoms. The summed E-state index contributed by atoms with van der Waals surface area (Å²) in [6, 6.07) is 0. The molecule has 0 aliphatic rings. The van der Waals surface area contributed by atoms with Gasteiger partial charge in [-0.25, -0.2) is 0 Å². The fourth-order valence-electron chi connectivity index (χ4n) is 9.47. The Morgan fingerprint density at radius 3 is 0.750 bits per heavy atom. The standard InChI is InChI=1S/C75H126O5/c1-3-5-7-9-11-13-15-17-19-21-23-25-27-29-31-33-34-35-36-37-38-39-40-42-43-45-47-49-51-53-55-57-59-61-63-65-67-69-74(77)79-72-73(71-76)80-75(78)70-68-66-64-62-60-58-56-54-52-50-48-46-44-41-32-30-28-26-24-22-20-18-16-14-12-10-8-6-4-2/h5-8,11-14,17-20,23-26,29-32,44,46,73,76H,3-4,9-10,15-16,21-22,27-28,33-43,45,47-72H2,1-2H3/b7-5-,8-6-,13-11-,14-12-,19-17-,20-18-,25-23-,26-24-,31-29-,32-30-,46-44-. The summed E-state index contributed by atoms with van der Waals surface area (Å²) in [5.74, 6) is -0.590. The van der Waals surface area contributed by atoms with Gasteiger partial charge < -0.3 is 14.6 Å². The summed E-state index contributed by atoms with van der Waals surface area (Å²) in [6.07, 6.45) is 103. The molecule has 0 radical (unpaired) electrons. The van der Waals surface area contributed by atoms with E-state index >= 15 is 0 Å². The minimum atomic E-state index is -0.782. The number of esters is 2. The topological polar surface area (TPSA) is 72.8 Å². The highest BCUT2D eigenvalue weighted by atomic mass is 16.6. The number of carbonyl (C=O) groups is 2. The lowest BCUT2D eigenvalue weighted by molar-refractivity contribution is -0.161. The van der Waals surface area contributed by atoms with Gasteiger partial charge in [0.05, 0.1) is 6.61 Å². The maximum Gasteiger partial charge on any atom is 0.306 e. The normalized spacial score (nSPS) is 13.1. The molecule has 1 unspecified atom stereocenters. The van der Waals surface area contributed by atoms with Gasteiger partial charge in [0.1, 0.15) is 6.61 Å². The van der Waals surface area contributed by atoms with E-state index < -0.39 is 6.10 Å². The first-order valence-electron chi connectivity index (χ1n) is 33.7. The van der Waals surface area contributed by atoms with Crippen LogP contribution in [0.2, 0.25) is 0 Å². The maximum atomic E-state index is 12.4. The summed E-state index contributed by atoms with van der Waals surface area (Å²) >= 11 is 0. The summed E-state index contributed by atoms with van der Waals surface area (Å²) in [5, 5.41) is 9.70. The summed E-state index contributed by atoms with van der Waals surface area (Å²) < 4.78 is 10.8. The Morgan fingerprint density at radius 2 is 0.500 bits per heavy atom. The molecule has 0 bridgehead atoms. The fraction of sp³-hybridized carbons (Fsp3) is 0.680. The Kier molecular flexibility index (Phi) is 65.9. The van der Waals surface area contributed by atoms with Crippen molar-refractivity contribution in [3.63, 3.8) is 0 Å². The number of carbonyl (C=O) groups excluding carboxylic acids is 2. The SMILES string of the molecule is CC/C=C\C/C=C\C/C=C\C/C=C\C/C=C\C/C=C\CCCCCCCCCCCCC(=O)OC(CO)COC(=O)CCCCCCCCCCCCCCCCCCCCCCC/C=C\C/C=C\C/C=C\C/C=C\C/C=C\CC. The van der Waals surface area contributed by atoms with Crippen LogP contribution in [0.4, 0.5) is 0 Å². The summed E-state index contributed by atoms with van der Waals surface area (Å²) in [4.78, 5) is 24.6. The molecule has 0 amide bonds. The second-order valence-electron chi connectivity index (χ2n) is 22.1. The number of hydrogen-bond acceptors (Lipinski definition) is 5. The Balaban J connectivity index is 3.47. The minimum absolute atomic E-state index is 0.0709. The quantitative estimate of drug-likeness (QED) is 0.0373. The molecule has 0 aromatic rings. The lowest BCUT2D eigenvalue weighted by atomic mass is 10.0. The number of unbranched alkanes of at least 4 members (excludes halogenated alkanes) is 31. The number of ether oxygens (including phenoxy) is 2. The fourth-order valence-corrected chi connectivity index (χ4v) is 9.47. The molecule has 0 aromatic carbocycles. The zero-order chi connectivity index (χ0) is 57.6. The molecule has 5 heteroatoms. The van der Waals surface area contributed by atoms with E-state index in [0.29, 0.717) is 12.8 Å². The van der Waals surface area contributed by atoms with E-state index in [1.165, 1.54) is 173 Å². The zero-order valence-electron chi connectivity index (χ0n) is 52.3. The van der Waals surface area contributed by atoms with Gasteiger partial charge in [-0.05, 0) is 109 Å². The van der Waals surface area contributed by atoms with Crippen molar-refractivity contribution >= 4 is 11.9 Å². The molecule has 1 N–H and O–H groups in total. The van der Waals surface area contributed by atoms with Gasteiger partial charge in [0.2, 0.25) is 0 Å². The van der Waals surface area contributed by atoms with E-state index in [4.69, 9.17) is 9.47 Å². The van der Waals surface area contributed by atoms with Gasteiger partial charge in [0, 0.05) is 12.8 Å². The average Bonchev–Trinajstić information content (AvgIpc) is 3.46. The van der Waals surface area contributed by atoms with Crippen molar-refractivity contribution in [3.8, 4) is 0 Å². The second kappa shape index (κ2) is 69.3. The van der Waals surface area contributed by atoms with E-state index in [9.17, 15) is 14.7 Å². The van der Waals surface area contributed by atoms with Gasteiger partial charge in [-0.1, -0.05) is 321 Å². The van der Waals surface area contributed by atoms with Crippen LogP contribution in [-0.2, 0) is 19.1 Å². The van der Waals surface area contributed by atoms with E-state index in [1.807, 2.05) is 0 Å². The highest BCUT2D eigenvalue weighted by molar-refractivity contribution is 5.70. The molecule has 1 atom stereocenters. The number of hydrogen-bond donors (Lipinski definition) is 1. The maximum absolute atomic E-state index is 12.4. The molecule has 0 rings (SSSR count). The van der Waals surface area contributed by atoms with Gasteiger partial charge in [-0.2, -0.15) is 0 Å². The second-order valence-corrected chi connectivity index (χ2v) is 22.1. The van der Waals surface area contributed by atoms with Crippen LogP contribution < -0.4 is 0 Å². The van der Waals surface area contributed by atoms with Gasteiger partial charge in [0.25, 0.3) is 0 Å². The summed E-state index contributed by atoms with van der Waals surface area (Å²) in [6.45, 7) is 3.93. The molecule has 0 aliphatic carbocycles. The largest absolute Gasteiger partial charge is 0.462 e. The van der Waals surface area contributed by atoms with Crippen LogP contribution >= 0.6 is 0 Å². The third kappa shape index (κ3) is 66.6. The molecule has 0 saturated heterocycles. The third-order valence-electron chi connectivity index (χ3n) is 14.4. The first kappa shape index (κ1) is 76.0. The van der Waals surface area contributed by atoms with Crippen molar-refractivity contribution in [2.75, 3.05) is 13.2 Å². The molecule has 0 aliphatic heterocycles.